The highest BCUT2D eigenvalue weighted by Gasteiger charge is 2.24. The van der Waals surface area contributed by atoms with Gasteiger partial charge in [0.25, 0.3) is 0 Å². The fourth-order valence-corrected chi connectivity index (χ4v) is 4.05. The lowest BCUT2D eigenvalue weighted by Gasteiger charge is -2.35. The summed E-state index contributed by atoms with van der Waals surface area (Å²) in [5.74, 6) is 2.28. The molecule has 5 rings (SSSR count). The Labute approximate surface area is 196 Å². The normalized spacial score (nSPS) is 13.7. The summed E-state index contributed by atoms with van der Waals surface area (Å²) in [6.45, 7) is 2.49. The number of halogens is 1. The third kappa shape index (κ3) is 4.68. The molecule has 0 atom stereocenters. The van der Waals surface area contributed by atoms with E-state index in [-0.39, 0.29) is 6.03 Å². The maximum atomic E-state index is 12.8. The van der Waals surface area contributed by atoms with Crippen molar-refractivity contribution in [2.24, 2.45) is 0 Å². The smallest absolute Gasteiger partial charge is 0.321 e. The summed E-state index contributed by atoms with van der Waals surface area (Å²) < 4.78 is 5.80. The van der Waals surface area contributed by atoms with Crippen LogP contribution in [0.25, 0.3) is 10.8 Å². The molecule has 166 valence electrons. The number of nitrogens with one attached hydrogen (secondary N) is 1. The van der Waals surface area contributed by atoms with Gasteiger partial charge < -0.3 is 19.9 Å². The molecule has 0 aliphatic carbocycles. The molecule has 1 aliphatic rings. The van der Waals surface area contributed by atoms with Gasteiger partial charge in [-0.25, -0.2) is 4.79 Å². The number of hydrogen-bond donors (Lipinski definition) is 1. The van der Waals surface area contributed by atoms with Crippen molar-refractivity contribution in [1.82, 2.24) is 15.1 Å². The minimum absolute atomic E-state index is 0.126. The predicted molar refractivity (Wildman–Crippen MR) is 130 cm³/mol. The van der Waals surface area contributed by atoms with E-state index in [1.807, 2.05) is 78.9 Å². The molecule has 0 spiro atoms. The molecule has 2 amide bonds. The van der Waals surface area contributed by atoms with Crippen LogP contribution in [0.1, 0.15) is 0 Å². The molecule has 1 saturated heterocycles. The molecule has 1 aliphatic heterocycles. The lowest BCUT2D eigenvalue weighted by atomic mass is 10.1. The SMILES string of the molecule is O=C(Nc1ccc(Oc2ccccc2)cc1)N1CCN(c2nnc(Cl)c3ccccc23)CC1. The van der Waals surface area contributed by atoms with Crippen molar-refractivity contribution in [3.63, 3.8) is 0 Å². The first-order valence-corrected chi connectivity index (χ1v) is 11.1. The molecular weight excluding hydrogens is 438 g/mol. The van der Waals surface area contributed by atoms with Crippen LogP contribution in [0.2, 0.25) is 5.15 Å². The monoisotopic (exact) mass is 459 g/mol. The van der Waals surface area contributed by atoms with Gasteiger partial charge in [-0.3, -0.25) is 0 Å². The van der Waals surface area contributed by atoms with E-state index in [9.17, 15) is 4.79 Å². The van der Waals surface area contributed by atoms with Crippen molar-refractivity contribution in [2.75, 3.05) is 36.4 Å². The first-order valence-electron chi connectivity index (χ1n) is 10.7. The van der Waals surface area contributed by atoms with Crippen LogP contribution in [-0.4, -0.2) is 47.3 Å². The minimum Gasteiger partial charge on any atom is -0.457 e. The molecule has 8 heteroatoms. The number of fused-ring (bicyclic) bond motifs is 1. The minimum atomic E-state index is -0.126. The van der Waals surface area contributed by atoms with E-state index in [1.165, 1.54) is 0 Å². The zero-order chi connectivity index (χ0) is 22.6. The van der Waals surface area contributed by atoms with Crippen LogP contribution in [-0.2, 0) is 0 Å². The van der Waals surface area contributed by atoms with Crippen molar-refractivity contribution >= 4 is 39.9 Å². The summed E-state index contributed by atoms with van der Waals surface area (Å²) in [5.41, 5.74) is 0.720. The van der Waals surface area contributed by atoms with Gasteiger partial charge in [-0.05, 0) is 36.4 Å². The Bertz CT molecular complexity index is 1260. The molecule has 4 aromatic rings. The first-order chi connectivity index (χ1) is 16.2. The molecule has 3 aromatic carbocycles. The standard InChI is InChI=1S/C25H22ClN5O2/c26-23-21-8-4-5-9-22(21)24(29-28-23)30-14-16-31(17-15-30)25(32)27-18-10-12-20(13-11-18)33-19-6-2-1-3-7-19/h1-13H,14-17H2,(H,27,32). The van der Waals surface area contributed by atoms with E-state index < -0.39 is 0 Å². The Hall–Kier alpha value is -3.84. The van der Waals surface area contributed by atoms with Crippen molar-refractivity contribution in [3.8, 4) is 11.5 Å². The number of amides is 2. The van der Waals surface area contributed by atoms with Crippen LogP contribution >= 0.6 is 11.6 Å². The molecule has 1 fully saturated rings. The molecule has 7 nitrogen and oxygen atoms in total. The molecule has 0 bridgehead atoms. The molecule has 1 N–H and O–H groups in total. The largest absolute Gasteiger partial charge is 0.457 e. The molecule has 0 unspecified atom stereocenters. The maximum absolute atomic E-state index is 12.8. The highest BCUT2D eigenvalue weighted by Crippen LogP contribution is 2.29. The summed E-state index contributed by atoms with van der Waals surface area (Å²) in [4.78, 5) is 16.7. The number of piperazine rings is 1. The number of rotatable bonds is 4. The van der Waals surface area contributed by atoms with E-state index in [1.54, 1.807) is 4.90 Å². The number of urea groups is 1. The van der Waals surface area contributed by atoms with E-state index in [2.05, 4.69) is 20.4 Å². The third-order valence-corrected chi connectivity index (χ3v) is 5.85. The van der Waals surface area contributed by atoms with Crippen LogP contribution in [0, 0.1) is 0 Å². The van der Waals surface area contributed by atoms with Gasteiger partial charge in [-0.2, -0.15) is 0 Å². The average Bonchev–Trinajstić information content (AvgIpc) is 2.86. The number of hydrogen-bond acceptors (Lipinski definition) is 5. The number of nitrogens with zero attached hydrogens (tertiary/aromatic N) is 4. The zero-order valence-corrected chi connectivity index (χ0v) is 18.6. The van der Waals surface area contributed by atoms with Gasteiger partial charge in [0.15, 0.2) is 11.0 Å². The Morgan fingerprint density at radius 3 is 2.15 bits per heavy atom. The number of carbonyl (C=O) groups is 1. The summed E-state index contributed by atoms with van der Waals surface area (Å²) >= 11 is 6.20. The highest BCUT2D eigenvalue weighted by atomic mass is 35.5. The second kappa shape index (κ2) is 9.34. The summed E-state index contributed by atoms with van der Waals surface area (Å²) in [5, 5.41) is 13.6. The highest BCUT2D eigenvalue weighted by molar-refractivity contribution is 6.34. The van der Waals surface area contributed by atoms with Crippen molar-refractivity contribution in [3.05, 3.63) is 84.0 Å². The van der Waals surface area contributed by atoms with E-state index in [0.717, 1.165) is 28.0 Å². The van der Waals surface area contributed by atoms with Crippen LogP contribution in [0.4, 0.5) is 16.3 Å². The Balaban J connectivity index is 1.19. The Kier molecular flexibility index (Phi) is 5.95. The van der Waals surface area contributed by atoms with Crippen LogP contribution in [0.3, 0.4) is 0 Å². The average molecular weight is 460 g/mol. The lowest BCUT2D eigenvalue weighted by Crippen LogP contribution is -2.50. The van der Waals surface area contributed by atoms with Crippen LogP contribution in [0.15, 0.2) is 78.9 Å². The number of ether oxygens (including phenoxy) is 1. The van der Waals surface area contributed by atoms with Crippen molar-refractivity contribution < 1.29 is 9.53 Å². The number of para-hydroxylation sites is 1. The van der Waals surface area contributed by atoms with Crippen molar-refractivity contribution in [1.29, 1.82) is 0 Å². The fraction of sp³-hybridized carbons (Fsp3) is 0.160. The molecule has 2 heterocycles. The number of carbonyl (C=O) groups excluding carboxylic acids is 1. The summed E-state index contributed by atoms with van der Waals surface area (Å²) in [7, 11) is 0. The van der Waals surface area contributed by atoms with Gasteiger partial charge in [0, 0.05) is 42.6 Å². The lowest BCUT2D eigenvalue weighted by molar-refractivity contribution is 0.208. The predicted octanol–water partition coefficient (Wildman–Crippen LogP) is 5.43. The zero-order valence-electron chi connectivity index (χ0n) is 17.8. The van der Waals surface area contributed by atoms with Gasteiger partial charge in [0.2, 0.25) is 0 Å². The molecule has 0 radical (unpaired) electrons. The topological polar surface area (TPSA) is 70.6 Å². The van der Waals surface area contributed by atoms with Gasteiger partial charge in [-0.1, -0.05) is 54.1 Å². The second-order valence-electron chi connectivity index (χ2n) is 7.70. The maximum Gasteiger partial charge on any atom is 0.321 e. The fourth-order valence-electron chi connectivity index (χ4n) is 3.85. The van der Waals surface area contributed by atoms with Gasteiger partial charge in [-0.15, -0.1) is 10.2 Å². The van der Waals surface area contributed by atoms with Crippen LogP contribution in [0.5, 0.6) is 11.5 Å². The number of aromatic nitrogens is 2. The van der Waals surface area contributed by atoms with E-state index in [0.29, 0.717) is 37.1 Å². The summed E-state index contributed by atoms with van der Waals surface area (Å²) in [6, 6.07) is 24.6. The summed E-state index contributed by atoms with van der Waals surface area (Å²) in [6.07, 6.45) is 0. The van der Waals surface area contributed by atoms with E-state index in [4.69, 9.17) is 16.3 Å². The second-order valence-corrected chi connectivity index (χ2v) is 8.06. The van der Waals surface area contributed by atoms with Gasteiger partial charge >= 0.3 is 6.03 Å². The number of anilines is 2. The van der Waals surface area contributed by atoms with Crippen molar-refractivity contribution in [2.45, 2.75) is 0 Å². The Morgan fingerprint density at radius 1 is 0.788 bits per heavy atom. The first kappa shape index (κ1) is 21.0. The quantitative estimate of drug-likeness (QED) is 0.440. The molecule has 33 heavy (non-hydrogen) atoms. The van der Waals surface area contributed by atoms with Gasteiger partial charge in [0.05, 0.1) is 0 Å². The Morgan fingerprint density at radius 2 is 1.42 bits per heavy atom. The molecule has 0 saturated carbocycles. The van der Waals surface area contributed by atoms with E-state index >= 15 is 0 Å². The van der Waals surface area contributed by atoms with Gasteiger partial charge in [0.1, 0.15) is 11.5 Å². The number of benzene rings is 3. The molecular formula is C25H22ClN5O2. The molecule has 1 aromatic heterocycles. The van der Waals surface area contributed by atoms with Crippen LogP contribution < -0.4 is 15.0 Å². The third-order valence-electron chi connectivity index (χ3n) is 5.57.